The Kier molecular flexibility index (Phi) is 5.49. The summed E-state index contributed by atoms with van der Waals surface area (Å²) >= 11 is 0. The maximum atomic E-state index is 6.42. The third-order valence-electron chi connectivity index (χ3n) is 5.55. The number of likely N-dealkylation sites (N-methyl/N-ethyl adjacent to an activating group) is 1. The van der Waals surface area contributed by atoms with Gasteiger partial charge in [0.05, 0.1) is 0 Å². The van der Waals surface area contributed by atoms with E-state index in [4.69, 9.17) is 10.5 Å². The predicted molar refractivity (Wildman–Crippen MR) is 84.7 cm³/mol. The van der Waals surface area contributed by atoms with Gasteiger partial charge in [0.15, 0.2) is 0 Å². The van der Waals surface area contributed by atoms with Crippen LogP contribution in [0.2, 0.25) is 0 Å². The third-order valence-corrected chi connectivity index (χ3v) is 5.55. The molecule has 1 aliphatic heterocycles. The first-order chi connectivity index (χ1) is 9.38. The van der Waals surface area contributed by atoms with Crippen LogP contribution < -0.4 is 5.73 Å². The predicted octanol–water partition coefficient (Wildman–Crippen LogP) is 2.89. The standard InChI is InChI=1S/C17H34N2O/c1-17(2,3)14-5-6-15(18)16(11-14)19(4)12-13-7-9-20-10-8-13/h13-16H,5-12,18H2,1-4H3. The Balaban J connectivity index is 1.90. The normalized spacial score (nSPS) is 33.6. The molecule has 2 N–H and O–H groups in total. The molecule has 20 heavy (non-hydrogen) atoms. The molecule has 0 amide bonds. The Morgan fingerprint density at radius 3 is 2.35 bits per heavy atom. The lowest BCUT2D eigenvalue weighted by Crippen LogP contribution is -2.52. The van der Waals surface area contributed by atoms with E-state index in [1.54, 1.807) is 0 Å². The lowest BCUT2D eigenvalue weighted by molar-refractivity contribution is 0.0338. The molecule has 0 spiro atoms. The molecule has 3 unspecified atom stereocenters. The highest BCUT2D eigenvalue weighted by Crippen LogP contribution is 2.39. The molecular weight excluding hydrogens is 248 g/mol. The Morgan fingerprint density at radius 1 is 1.10 bits per heavy atom. The molecule has 1 heterocycles. The molecule has 3 nitrogen and oxygen atoms in total. The fourth-order valence-electron chi connectivity index (χ4n) is 3.94. The number of nitrogens with zero attached hydrogens (tertiary/aromatic N) is 1. The van der Waals surface area contributed by atoms with Crippen molar-refractivity contribution in [2.45, 2.75) is 65.0 Å². The summed E-state index contributed by atoms with van der Waals surface area (Å²) in [5.41, 5.74) is 6.84. The number of hydrogen-bond acceptors (Lipinski definition) is 3. The molecule has 2 aliphatic rings. The summed E-state index contributed by atoms with van der Waals surface area (Å²) in [5.74, 6) is 1.61. The van der Waals surface area contributed by atoms with E-state index in [2.05, 4.69) is 32.7 Å². The summed E-state index contributed by atoms with van der Waals surface area (Å²) in [6, 6.07) is 0.925. The van der Waals surface area contributed by atoms with Crippen LogP contribution in [0.15, 0.2) is 0 Å². The SMILES string of the molecule is CN(CC1CCOCC1)C1CC(C(C)(C)C)CCC1N. The molecule has 1 aliphatic carbocycles. The number of nitrogens with two attached hydrogens (primary N) is 1. The fourth-order valence-corrected chi connectivity index (χ4v) is 3.94. The number of ether oxygens (including phenoxy) is 1. The van der Waals surface area contributed by atoms with Crippen LogP contribution in [0.25, 0.3) is 0 Å². The van der Waals surface area contributed by atoms with E-state index in [0.717, 1.165) is 25.0 Å². The van der Waals surface area contributed by atoms with Gasteiger partial charge in [-0.1, -0.05) is 20.8 Å². The molecule has 118 valence electrons. The minimum atomic E-state index is 0.360. The first kappa shape index (κ1) is 16.3. The Morgan fingerprint density at radius 2 is 1.75 bits per heavy atom. The lowest BCUT2D eigenvalue weighted by Gasteiger charge is -2.45. The smallest absolute Gasteiger partial charge is 0.0469 e. The third kappa shape index (κ3) is 4.19. The molecule has 0 aromatic heterocycles. The van der Waals surface area contributed by atoms with E-state index >= 15 is 0 Å². The fraction of sp³-hybridized carbons (Fsp3) is 1.00. The molecule has 1 saturated heterocycles. The van der Waals surface area contributed by atoms with Gasteiger partial charge in [0.25, 0.3) is 0 Å². The zero-order valence-corrected chi connectivity index (χ0v) is 13.9. The molecule has 2 fully saturated rings. The van der Waals surface area contributed by atoms with E-state index in [0.29, 0.717) is 17.5 Å². The zero-order valence-electron chi connectivity index (χ0n) is 13.9. The summed E-state index contributed by atoms with van der Waals surface area (Å²) in [7, 11) is 2.28. The maximum absolute atomic E-state index is 6.42. The largest absolute Gasteiger partial charge is 0.381 e. The quantitative estimate of drug-likeness (QED) is 0.865. The topological polar surface area (TPSA) is 38.5 Å². The average Bonchev–Trinajstić information content (AvgIpc) is 2.39. The highest BCUT2D eigenvalue weighted by atomic mass is 16.5. The van der Waals surface area contributed by atoms with Gasteiger partial charge in [-0.05, 0) is 56.4 Å². The van der Waals surface area contributed by atoms with Crippen molar-refractivity contribution in [3.63, 3.8) is 0 Å². The van der Waals surface area contributed by atoms with Gasteiger partial charge in [0.2, 0.25) is 0 Å². The maximum Gasteiger partial charge on any atom is 0.0469 e. The van der Waals surface area contributed by atoms with Crippen LogP contribution in [0.4, 0.5) is 0 Å². The monoisotopic (exact) mass is 282 g/mol. The summed E-state index contributed by atoms with van der Waals surface area (Å²) < 4.78 is 5.47. The second-order valence-electron chi connectivity index (χ2n) is 8.10. The molecule has 0 radical (unpaired) electrons. The minimum absolute atomic E-state index is 0.360. The first-order valence-electron chi connectivity index (χ1n) is 8.41. The molecule has 1 saturated carbocycles. The van der Waals surface area contributed by atoms with Crippen molar-refractivity contribution >= 4 is 0 Å². The molecule has 3 atom stereocenters. The summed E-state index contributed by atoms with van der Waals surface area (Å²) in [6.07, 6.45) is 6.19. The molecule has 0 aromatic rings. The molecule has 2 rings (SSSR count). The first-order valence-corrected chi connectivity index (χ1v) is 8.41. The van der Waals surface area contributed by atoms with E-state index in [1.165, 1.54) is 38.6 Å². The van der Waals surface area contributed by atoms with Crippen LogP contribution >= 0.6 is 0 Å². The van der Waals surface area contributed by atoms with Crippen LogP contribution in [0, 0.1) is 17.3 Å². The van der Waals surface area contributed by atoms with Crippen LogP contribution in [0.1, 0.15) is 52.9 Å². The highest BCUT2D eigenvalue weighted by molar-refractivity contribution is 4.92. The molecular formula is C17H34N2O. The number of hydrogen-bond donors (Lipinski definition) is 1. The Labute approximate surface area is 125 Å². The second kappa shape index (κ2) is 6.76. The average molecular weight is 282 g/mol. The summed E-state index contributed by atoms with van der Waals surface area (Å²) in [4.78, 5) is 2.55. The minimum Gasteiger partial charge on any atom is -0.381 e. The van der Waals surface area contributed by atoms with Crippen molar-refractivity contribution in [1.82, 2.24) is 4.90 Å². The van der Waals surface area contributed by atoms with Gasteiger partial charge in [-0.15, -0.1) is 0 Å². The highest BCUT2D eigenvalue weighted by Gasteiger charge is 2.36. The van der Waals surface area contributed by atoms with Crippen LogP contribution in [0.5, 0.6) is 0 Å². The van der Waals surface area contributed by atoms with E-state index in [1.807, 2.05) is 0 Å². The van der Waals surface area contributed by atoms with Crippen LogP contribution in [-0.2, 0) is 4.74 Å². The molecule has 0 bridgehead atoms. The summed E-state index contributed by atoms with van der Waals surface area (Å²) in [5, 5.41) is 0. The van der Waals surface area contributed by atoms with E-state index in [-0.39, 0.29) is 0 Å². The lowest BCUT2D eigenvalue weighted by atomic mass is 9.69. The van der Waals surface area contributed by atoms with Crippen molar-refractivity contribution in [3.8, 4) is 0 Å². The Bertz CT molecular complexity index is 294. The van der Waals surface area contributed by atoms with Gasteiger partial charge in [-0.25, -0.2) is 0 Å². The van der Waals surface area contributed by atoms with Crippen molar-refractivity contribution in [1.29, 1.82) is 0 Å². The van der Waals surface area contributed by atoms with Crippen molar-refractivity contribution in [3.05, 3.63) is 0 Å². The van der Waals surface area contributed by atoms with Gasteiger partial charge in [-0.3, -0.25) is 0 Å². The van der Waals surface area contributed by atoms with E-state index < -0.39 is 0 Å². The molecule has 0 aromatic carbocycles. The van der Waals surface area contributed by atoms with Gasteiger partial charge in [0.1, 0.15) is 0 Å². The van der Waals surface area contributed by atoms with Gasteiger partial charge in [0, 0.05) is 31.8 Å². The van der Waals surface area contributed by atoms with Gasteiger partial charge < -0.3 is 15.4 Å². The van der Waals surface area contributed by atoms with Crippen molar-refractivity contribution in [2.24, 2.45) is 23.0 Å². The van der Waals surface area contributed by atoms with Gasteiger partial charge in [-0.2, -0.15) is 0 Å². The van der Waals surface area contributed by atoms with Crippen molar-refractivity contribution in [2.75, 3.05) is 26.8 Å². The molecule has 3 heteroatoms. The van der Waals surface area contributed by atoms with Crippen LogP contribution in [-0.4, -0.2) is 43.8 Å². The zero-order chi connectivity index (χ0) is 14.8. The Hall–Kier alpha value is -0.120. The second-order valence-corrected chi connectivity index (χ2v) is 8.10. The van der Waals surface area contributed by atoms with E-state index in [9.17, 15) is 0 Å². The van der Waals surface area contributed by atoms with Crippen molar-refractivity contribution < 1.29 is 4.74 Å². The van der Waals surface area contributed by atoms with Gasteiger partial charge >= 0.3 is 0 Å². The number of rotatable bonds is 3. The van der Waals surface area contributed by atoms with Crippen LogP contribution in [0.3, 0.4) is 0 Å². The summed E-state index contributed by atoms with van der Waals surface area (Å²) in [6.45, 7) is 10.2.